The zero-order chi connectivity index (χ0) is 24.7. The molecule has 176 valence electrons. The molecular weight excluding hydrogens is 509 g/mol. The fourth-order valence-electron chi connectivity index (χ4n) is 6.06. The van der Waals surface area contributed by atoms with Crippen molar-refractivity contribution in [3.63, 3.8) is 0 Å². The van der Waals surface area contributed by atoms with E-state index in [1.807, 2.05) is 11.3 Å². The van der Waals surface area contributed by atoms with Gasteiger partial charge in [-0.1, -0.05) is 98.4 Å². The van der Waals surface area contributed by atoms with Crippen molar-refractivity contribution in [2.45, 2.75) is 0 Å². The van der Waals surface area contributed by atoms with Crippen LogP contribution in [0.15, 0.2) is 97.1 Å². The largest absolute Gasteiger partial charge is 0.332 e. The van der Waals surface area contributed by atoms with Crippen molar-refractivity contribution in [1.29, 1.82) is 0 Å². The van der Waals surface area contributed by atoms with Gasteiger partial charge < -0.3 is 9.44 Å². The van der Waals surface area contributed by atoms with Crippen LogP contribution in [-0.2, 0) is 0 Å². The maximum absolute atomic E-state index is 4.22. The Bertz CT molecular complexity index is 1750. The summed E-state index contributed by atoms with van der Waals surface area (Å²) in [6.07, 6.45) is 0. The van der Waals surface area contributed by atoms with E-state index in [4.69, 9.17) is 0 Å². The summed E-state index contributed by atoms with van der Waals surface area (Å²) in [6.45, 7) is 0. The quantitative estimate of drug-likeness (QED) is 0.171. The van der Waals surface area contributed by atoms with Crippen molar-refractivity contribution >= 4 is 59.1 Å². The molecule has 0 unspecified atom stereocenters. The molecule has 0 aliphatic heterocycles. The maximum atomic E-state index is 4.22. The predicted octanol–water partition coefficient (Wildman–Crippen LogP) is 10.0. The lowest BCUT2D eigenvalue weighted by atomic mass is 9.97. The van der Waals surface area contributed by atoms with E-state index in [1.54, 1.807) is 0 Å². The fraction of sp³-hybridized carbons (Fsp3) is 0. The van der Waals surface area contributed by atoms with Crippen LogP contribution in [-0.4, -0.2) is 0 Å². The van der Waals surface area contributed by atoms with Crippen LogP contribution < -0.4 is 9.44 Å². The molecule has 5 heteroatoms. The molecule has 37 heavy (non-hydrogen) atoms. The summed E-state index contributed by atoms with van der Waals surface area (Å²) in [4.78, 5) is 2.60. The molecule has 0 saturated carbocycles. The monoisotopic (exact) mass is 528 g/mol. The number of rotatable bonds is 4. The predicted molar refractivity (Wildman–Crippen MR) is 167 cm³/mol. The van der Waals surface area contributed by atoms with Crippen molar-refractivity contribution in [1.82, 2.24) is 0 Å². The van der Waals surface area contributed by atoms with Crippen LogP contribution >= 0.6 is 37.0 Å². The van der Waals surface area contributed by atoms with E-state index in [9.17, 15) is 0 Å². The topological polar surface area (TPSA) is 24.1 Å². The van der Waals surface area contributed by atoms with Gasteiger partial charge in [0.05, 0.1) is 0 Å². The summed E-state index contributed by atoms with van der Waals surface area (Å²) in [5.41, 5.74) is 15.1. The van der Waals surface area contributed by atoms with Gasteiger partial charge in [0.15, 0.2) is 0 Å². The first kappa shape index (κ1) is 21.4. The third kappa shape index (κ3) is 2.90. The summed E-state index contributed by atoms with van der Waals surface area (Å²) in [7, 11) is 0. The second-order valence-corrected chi connectivity index (χ2v) is 11.0. The first-order chi connectivity index (χ1) is 18.3. The lowest BCUT2D eigenvalue weighted by Crippen LogP contribution is -1.82. The Morgan fingerprint density at radius 2 is 0.838 bits per heavy atom. The third-order valence-electron chi connectivity index (χ3n) is 7.67. The Labute approximate surface area is 230 Å². The Morgan fingerprint density at radius 1 is 0.432 bits per heavy atom. The molecule has 0 fully saturated rings. The van der Waals surface area contributed by atoms with E-state index in [0.29, 0.717) is 0 Å². The van der Waals surface area contributed by atoms with Crippen LogP contribution in [0, 0.1) is 0 Å². The minimum atomic E-state index is 0.985. The van der Waals surface area contributed by atoms with Gasteiger partial charge in [0.2, 0.25) is 0 Å². The van der Waals surface area contributed by atoms with Crippen LogP contribution in [0.2, 0.25) is 0 Å². The number of benzene rings is 5. The number of thiol groups is 2. The van der Waals surface area contributed by atoms with E-state index < -0.39 is 0 Å². The number of fused-ring (bicyclic) bond motifs is 6. The summed E-state index contributed by atoms with van der Waals surface area (Å²) < 4.78 is 5.89. The number of hydrogen-bond donors (Lipinski definition) is 4. The molecule has 2 aliphatic rings. The van der Waals surface area contributed by atoms with Gasteiger partial charge >= 0.3 is 0 Å². The zero-order valence-corrected chi connectivity index (χ0v) is 22.1. The van der Waals surface area contributed by atoms with Crippen molar-refractivity contribution in [3.05, 3.63) is 97.1 Å². The molecule has 0 radical (unpaired) electrons. The summed E-state index contributed by atoms with van der Waals surface area (Å²) in [6, 6.07) is 35.2. The molecule has 6 aromatic rings. The number of hydrogen-bond acceptors (Lipinski definition) is 5. The molecule has 5 aromatic carbocycles. The molecule has 2 N–H and O–H groups in total. The highest BCUT2D eigenvalue weighted by molar-refractivity contribution is 7.81. The van der Waals surface area contributed by atoms with Crippen LogP contribution in [0.1, 0.15) is 0 Å². The summed E-state index contributed by atoms with van der Waals surface area (Å²) in [5, 5.41) is 2.77. The average Bonchev–Trinajstić information content (AvgIpc) is 3.61. The molecule has 0 amide bonds. The molecule has 0 bridgehead atoms. The van der Waals surface area contributed by atoms with Gasteiger partial charge in [-0.25, -0.2) is 0 Å². The Hall–Kier alpha value is -3.64. The van der Waals surface area contributed by atoms with Crippen molar-refractivity contribution in [3.8, 4) is 65.4 Å². The van der Waals surface area contributed by atoms with Crippen LogP contribution in [0.3, 0.4) is 0 Å². The molecule has 1 aromatic heterocycles. The SMILES string of the molecule is SNc1ccc(-c2sc(-c3ccc(NS)cc3)c3c2-c2ccc4c5c(ccc-3c25)-c2ccccc2-4)cc1. The normalized spacial score (nSPS) is 12.1. The molecule has 2 aliphatic carbocycles. The third-order valence-corrected chi connectivity index (χ3v) is 9.47. The van der Waals surface area contributed by atoms with Crippen LogP contribution in [0.5, 0.6) is 0 Å². The van der Waals surface area contributed by atoms with Crippen LogP contribution in [0.25, 0.3) is 76.2 Å². The zero-order valence-electron chi connectivity index (χ0n) is 19.5. The smallest absolute Gasteiger partial charge is 0.0438 e. The van der Waals surface area contributed by atoms with Gasteiger partial charge in [-0.05, 0) is 79.5 Å². The minimum absolute atomic E-state index is 0.985. The van der Waals surface area contributed by atoms with Gasteiger partial charge in [0, 0.05) is 32.3 Å². The molecule has 8 rings (SSSR count). The van der Waals surface area contributed by atoms with Crippen molar-refractivity contribution in [2.24, 2.45) is 0 Å². The minimum Gasteiger partial charge on any atom is -0.332 e. The molecule has 0 spiro atoms. The lowest BCUT2D eigenvalue weighted by Gasteiger charge is -2.09. The summed E-state index contributed by atoms with van der Waals surface area (Å²) in [5.74, 6) is 0. The Kier molecular flexibility index (Phi) is 4.59. The van der Waals surface area contributed by atoms with E-state index in [1.165, 1.54) is 76.2 Å². The Morgan fingerprint density at radius 3 is 1.27 bits per heavy atom. The second kappa shape index (κ2) is 7.93. The van der Waals surface area contributed by atoms with E-state index in [2.05, 4.69) is 132 Å². The molecular formula is C32H20N2S3. The highest BCUT2D eigenvalue weighted by Gasteiger charge is 2.34. The molecule has 2 nitrogen and oxygen atoms in total. The van der Waals surface area contributed by atoms with Crippen LogP contribution in [0.4, 0.5) is 11.4 Å². The highest BCUT2D eigenvalue weighted by atomic mass is 32.1. The molecule has 0 saturated heterocycles. The number of anilines is 2. The average molecular weight is 529 g/mol. The van der Waals surface area contributed by atoms with E-state index in [-0.39, 0.29) is 0 Å². The summed E-state index contributed by atoms with van der Waals surface area (Å²) >= 11 is 10.3. The van der Waals surface area contributed by atoms with Gasteiger partial charge in [-0.15, -0.1) is 11.3 Å². The maximum Gasteiger partial charge on any atom is 0.0438 e. The first-order valence-electron chi connectivity index (χ1n) is 12.1. The lowest BCUT2D eigenvalue weighted by molar-refractivity contribution is 1.66. The van der Waals surface area contributed by atoms with Gasteiger partial charge in [0.1, 0.15) is 0 Å². The molecule has 0 atom stereocenters. The number of nitrogens with one attached hydrogen (secondary N) is 2. The fourth-order valence-corrected chi connectivity index (χ4v) is 7.70. The standard InChI is InChI=1S/C32H20N2S3/c35-33-19-9-5-17(6-10-19)31-29-25-15-13-23-21-3-1-2-4-22(21)24-14-16-26(28(25)27(23)24)30(29)32(37-31)18-7-11-20(34-36)12-8-18/h1-16,33-36H. The van der Waals surface area contributed by atoms with E-state index in [0.717, 1.165) is 11.4 Å². The number of thiophene rings is 1. The van der Waals surface area contributed by atoms with Crippen molar-refractivity contribution in [2.75, 3.05) is 9.44 Å². The highest BCUT2D eigenvalue weighted by Crippen LogP contribution is 2.62. The molecule has 1 heterocycles. The van der Waals surface area contributed by atoms with Gasteiger partial charge in [-0.3, -0.25) is 0 Å². The van der Waals surface area contributed by atoms with Gasteiger partial charge in [-0.2, -0.15) is 0 Å². The van der Waals surface area contributed by atoms with Crippen molar-refractivity contribution < 1.29 is 0 Å². The second-order valence-electron chi connectivity index (χ2n) is 9.51. The first-order valence-corrected chi connectivity index (χ1v) is 13.9. The Balaban J connectivity index is 1.45. The van der Waals surface area contributed by atoms with E-state index >= 15 is 0 Å². The van der Waals surface area contributed by atoms with Gasteiger partial charge in [0.25, 0.3) is 0 Å².